The van der Waals surface area contributed by atoms with Crippen molar-refractivity contribution in [3.05, 3.63) is 29.3 Å². The zero-order valence-electron chi connectivity index (χ0n) is 8.02. The molecule has 0 spiro atoms. The standard InChI is InChI=1S/C10H12O3S/c1-6-3-4-7(8(5-6)14-2)9(11)10(12)13/h3-5,9,11H,1-2H3,(H,12,13). The van der Waals surface area contributed by atoms with E-state index in [1.54, 1.807) is 12.1 Å². The Morgan fingerprint density at radius 3 is 2.64 bits per heavy atom. The van der Waals surface area contributed by atoms with Gasteiger partial charge >= 0.3 is 5.97 Å². The average Bonchev–Trinajstić information content (AvgIpc) is 2.16. The molecule has 1 rings (SSSR count). The van der Waals surface area contributed by atoms with E-state index in [4.69, 9.17) is 5.11 Å². The highest BCUT2D eigenvalue weighted by molar-refractivity contribution is 7.98. The van der Waals surface area contributed by atoms with Gasteiger partial charge in [-0.2, -0.15) is 0 Å². The third-order valence-corrected chi connectivity index (χ3v) is 2.71. The van der Waals surface area contributed by atoms with Crippen LogP contribution in [0.4, 0.5) is 0 Å². The van der Waals surface area contributed by atoms with Crippen molar-refractivity contribution < 1.29 is 15.0 Å². The van der Waals surface area contributed by atoms with E-state index in [-0.39, 0.29) is 0 Å². The molecule has 0 aliphatic carbocycles. The van der Waals surface area contributed by atoms with E-state index >= 15 is 0 Å². The zero-order chi connectivity index (χ0) is 10.7. The summed E-state index contributed by atoms with van der Waals surface area (Å²) < 4.78 is 0. The molecule has 0 saturated heterocycles. The van der Waals surface area contributed by atoms with E-state index in [9.17, 15) is 9.90 Å². The van der Waals surface area contributed by atoms with Gasteiger partial charge in [0.25, 0.3) is 0 Å². The first-order valence-electron chi connectivity index (χ1n) is 4.11. The summed E-state index contributed by atoms with van der Waals surface area (Å²) in [6.07, 6.45) is 0.422. The van der Waals surface area contributed by atoms with Gasteiger partial charge in [-0.25, -0.2) is 4.79 Å². The highest BCUT2D eigenvalue weighted by atomic mass is 32.2. The summed E-state index contributed by atoms with van der Waals surface area (Å²) in [5, 5.41) is 18.1. The third-order valence-electron chi connectivity index (χ3n) is 1.92. The molecule has 0 aliphatic rings. The highest BCUT2D eigenvalue weighted by Gasteiger charge is 2.18. The van der Waals surface area contributed by atoms with Gasteiger partial charge in [-0.1, -0.05) is 12.1 Å². The lowest BCUT2D eigenvalue weighted by Gasteiger charge is -2.11. The summed E-state index contributed by atoms with van der Waals surface area (Å²) in [5.41, 5.74) is 1.51. The molecular formula is C10H12O3S. The van der Waals surface area contributed by atoms with Crippen LogP contribution in [-0.4, -0.2) is 22.4 Å². The number of carboxylic acids is 1. The number of hydrogen-bond donors (Lipinski definition) is 2. The Balaban J connectivity index is 3.13. The smallest absolute Gasteiger partial charge is 0.337 e. The van der Waals surface area contributed by atoms with E-state index in [0.29, 0.717) is 5.56 Å². The summed E-state index contributed by atoms with van der Waals surface area (Å²) in [6, 6.07) is 5.31. The lowest BCUT2D eigenvalue weighted by atomic mass is 10.1. The molecule has 76 valence electrons. The SMILES string of the molecule is CSc1cc(C)ccc1C(O)C(=O)O. The van der Waals surface area contributed by atoms with Gasteiger partial charge in [0.2, 0.25) is 0 Å². The molecule has 14 heavy (non-hydrogen) atoms. The lowest BCUT2D eigenvalue weighted by Crippen LogP contribution is -2.11. The number of carbonyl (C=O) groups is 1. The number of thioether (sulfide) groups is 1. The Morgan fingerprint density at radius 1 is 1.50 bits per heavy atom. The summed E-state index contributed by atoms with van der Waals surface area (Å²) in [6.45, 7) is 1.93. The number of aryl methyl sites for hydroxylation is 1. The van der Waals surface area contributed by atoms with Gasteiger partial charge in [0, 0.05) is 10.5 Å². The first-order chi connectivity index (χ1) is 6.56. The van der Waals surface area contributed by atoms with Crippen molar-refractivity contribution in [2.24, 2.45) is 0 Å². The largest absolute Gasteiger partial charge is 0.479 e. The molecule has 0 amide bonds. The fourth-order valence-corrected chi connectivity index (χ4v) is 1.90. The molecule has 0 aromatic heterocycles. The monoisotopic (exact) mass is 212 g/mol. The van der Waals surface area contributed by atoms with E-state index < -0.39 is 12.1 Å². The van der Waals surface area contributed by atoms with Crippen LogP contribution in [0.25, 0.3) is 0 Å². The molecule has 1 aromatic carbocycles. The van der Waals surface area contributed by atoms with Crippen LogP contribution in [0.15, 0.2) is 23.1 Å². The quantitative estimate of drug-likeness (QED) is 0.750. The molecule has 1 unspecified atom stereocenters. The molecule has 1 atom stereocenters. The first kappa shape index (κ1) is 11.1. The van der Waals surface area contributed by atoms with Crippen LogP contribution in [-0.2, 0) is 4.79 Å². The first-order valence-corrected chi connectivity index (χ1v) is 5.34. The van der Waals surface area contributed by atoms with Gasteiger partial charge in [-0.3, -0.25) is 0 Å². The molecule has 1 aromatic rings. The molecule has 3 nitrogen and oxygen atoms in total. The molecule has 0 aliphatic heterocycles. The van der Waals surface area contributed by atoms with Gasteiger partial charge in [0.05, 0.1) is 0 Å². The van der Waals surface area contributed by atoms with Crippen molar-refractivity contribution in [2.75, 3.05) is 6.26 Å². The molecule has 0 saturated carbocycles. The maximum atomic E-state index is 10.6. The summed E-state index contributed by atoms with van der Waals surface area (Å²) in [4.78, 5) is 11.4. The van der Waals surface area contributed by atoms with Crippen molar-refractivity contribution in [1.82, 2.24) is 0 Å². The van der Waals surface area contributed by atoms with Gasteiger partial charge < -0.3 is 10.2 Å². The highest BCUT2D eigenvalue weighted by Crippen LogP contribution is 2.27. The minimum Gasteiger partial charge on any atom is -0.479 e. The Hall–Kier alpha value is -1.00. The van der Waals surface area contributed by atoms with Gasteiger partial charge in [0.15, 0.2) is 6.10 Å². The van der Waals surface area contributed by atoms with E-state index in [1.807, 2.05) is 19.2 Å². The number of carboxylic acid groups (broad SMARTS) is 1. The van der Waals surface area contributed by atoms with Crippen LogP contribution in [0.5, 0.6) is 0 Å². The fourth-order valence-electron chi connectivity index (χ4n) is 1.18. The van der Waals surface area contributed by atoms with Crippen molar-refractivity contribution in [1.29, 1.82) is 0 Å². The minimum absolute atomic E-state index is 0.454. The normalized spacial score (nSPS) is 12.5. The second-order valence-corrected chi connectivity index (χ2v) is 3.83. The fraction of sp³-hybridized carbons (Fsp3) is 0.300. The molecule has 0 bridgehead atoms. The van der Waals surface area contributed by atoms with Crippen molar-refractivity contribution in [3.63, 3.8) is 0 Å². The Bertz CT molecular complexity index is 349. The van der Waals surface area contributed by atoms with Crippen molar-refractivity contribution in [2.45, 2.75) is 17.9 Å². The predicted octanol–water partition coefficient (Wildman–Crippen LogP) is 1.83. The van der Waals surface area contributed by atoms with Gasteiger partial charge in [-0.15, -0.1) is 11.8 Å². The number of aliphatic carboxylic acids is 1. The number of benzene rings is 1. The van der Waals surface area contributed by atoms with Crippen LogP contribution in [0.1, 0.15) is 17.2 Å². The topological polar surface area (TPSA) is 57.5 Å². The molecule has 2 N–H and O–H groups in total. The molecule has 0 fully saturated rings. The van der Waals surface area contributed by atoms with Gasteiger partial charge in [0.1, 0.15) is 0 Å². The van der Waals surface area contributed by atoms with Crippen LogP contribution >= 0.6 is 11.8 Å². The third kappa shape index (κ3) is 2.27. The molecule has 0 heterocycles. The van der Waals surface area contributed by atoms with E-state index in [2.05, 4.69) is 0 Å². The summed E-state index contributed by atoms with van der Waals surface area (Å²) in [5.74, 6) is -1.22. The minimum atomic E-state index is -1.43. The van der Waals surface area contributed by atoms with Gasteiger partial charge in [-0.05, 0) is 24.8 Å². The van der Waals surface area contributed by atoms with E-state index in [1.165, 1.54) is 11.8 Å². The summed E-state index contributed by atoms with van der Waals surface area (Å²) in [7, 11) is 0. The number of hydrogen-bond acceptors (Lipinski definition) is 3. The zero-order valence-corrected chi connectivity index (χ0v) is 8.84. The maximum Gasteiger partial charge on any atom is 0.337 e. The molecular weight excluding hydrogens is 200 g/mol. The van der Waals surface area contributed by atoms with Crippen molar-refractivity contribution >= 4 is 17.7 Å². The molecule has 0 radical (unpaired) electrons. The second kappa shape index (κ2) is 4.48. The van der Waals surface area contributed by atoms with Crippen LogP contribution < -0.4 is 0 Å². The average molecular weight is 212 g/mol. The summed E-state index contributed by atoms with van der Waals surface area (Å²) >= 11 is 1.43. The van der Waals surface area contributed by atoms with Crippen LogP contribution in [0.3, 0.4) is 0 Å². The number of aliphatic hydroxyl groups is 1. The Labute approximate surface area is 86.8 Å². The van der Waals surface area contributed by atoms with Crippen LogP contribution in [0, 0.1) is 6.92 Å². The molecule has 4 heteroatoms. The van der Waals surface area contributed by atoms with E-state index in [0.717, 1.165) is 10.5 Å². The Kier molecular flexibility index (Phi) is 3.55. The number of aliphatic hydroxyl groups excluding tert-OH is 1. The lowest BCUT2D eigenvalue weighted by molar-refractivity contribution is -0.147. The Morgan fingerprint density at radius 2 is 2.14 bits per heavy atom. The second-order valence-electron chi connectivity index (χ2n) is 2.99. The predicted molar refractivity (Wildman–Crippen MR) is 55.6 cm³/mol. The van der Waals surface area contributed by atoms with Crippen LogP contribution in [0.2, 0.25) is 0 Å². The maximum absolute atomic E-state index is 10.6. The van der Waals surface area contributed by atoms with Crippen molar-refractivity contribution in [3.8, 4) is 0 Å². The number of rotatable bonds is 3.